The summed E-state index contributed by atoms with van der Waals surface area (Å²) in [5.41, 5.74) is 0.363. The molecule has 0 aliphatic heterocycles. The topological polar surface area (TPSA) is 17.1 Å². The van der Waals surface area contributed by atoms with E-state index in [1.807, 2.05) is 0 Å². The largest absolute Gasteiger partial charge is 0.299 e. The van der Waals surface area contributed by atoms with E-state index in [2.05, 4.69) is 20.8 Å². The Balaban J connectivity index is 2.11. The first-order chi connectivity index (χ1) is 6.99. The molecular formula is C14H22O. The molecule has 4 fully saturated rings. The second kappa shape index (κ2) is 2.67. The predicted molar refractivity (Wildman–Crippen MR) is 60.5 cm³/mol. The van der Waals surface area contributed by atoms with Gasteiger partial charge >= 0.3 is 0 Å². The zero-order chi connectivity index (χ0) is 10.8. The minimum absolute atomic E-state index is 0.0331. The zero-order valence-corrected chi connectivity index (χ0v) is 10.2. The first kappa shape index (κ1) is 9.86. The molecule has 0 N–H and O–H groups in total. The van der Waals surface area contributed by atoms with E-state index in [1.165, 1.54) is 25.7 Å². The summed E-state index contributed by atoms with van der Waals surface area (Å²) >= 11 is 0. The van der Waals surface area contributed by atoms with Gasteiger partial charge in [-0.1, -0.05) is 20.8 Å². The summed E-state index contributed by atoms with van der Waals surface area (Å²) in [6, 6.07) is 0. The average Bonchev–Trinajstić information content (AvgIpc) is 2.21. The zero-order valence-electron chi connectivity index (χ0n) is 10.2. The third-order valence-corrected chi connectivity index (χ3v) is 6.33. The lowest BCUT2D eigenvalue weighted by atomic mass is 9.38. The van der Waals surface area contributed by atoms with Gasteiger partial charge in [-0.15, -0.1) is 0 Å². The Morgan fingerprint density at radius 2 is 1.93 bits per heavy atom. The van der Waals surface area contributed by atoms with Crippen molar-refractivity contribution in [1.82, 2.24) is 0 Å². The standard InChI is InChI=1S/C14H22O/c1-9-4-6-14(3)12(15)10-5-7-13(14,2)11(9)8-10/h9-11H,4-8H2,1-3H3. The maximum atomic E-state index is 12.4. The smallest absolute Gasteiger partial charge is 0.142 e. The van der Waals surface area contributed by atoms with E-state index >= 15 is 0 Å². The van der Waals surface area contributed by atoms with E-state index in [9.17, 15) is 4.79 Å². The van der Waals surface area contributed by atoms with E-state index in [1.54, 1.807) is 0 Å². The fourth-order valence-electron chi connectivity index (χ4n) is 4.99. The molecule has 0 aromatic heterocycles. The molecule has 0 amide bonds. The molecule has 4 aliphatic carbocycles. The fraction of sp³-hybridized carbons (Fsp3) is 0.929. The summed E-state index contributed by atoms with van der Waals surface area (Å²) in [6.45, 7) is 7.07. The molecule has 1 nitrogen and oxygen atoms in total. The third-order valence-electron chi connectivity index (χ3n) is 6.33. The maximum Gasteiger partial charge on any atom is 0.142 e. The van der Waals surface area contributed by atoms with Gasteiger partial charge in [-0.2, -0.15) is 0 Å². The summed E-state index contributed by atoms with van der Waals surface area (Å²) in [7, 11) is 0. The van der Waals surface area contributed by atoms with Crippen LogP contribution < -0.4 is 0 Å². The van der Waals surface area contributed by atoms with Gasteiger partial charge in [-0.05, 0) is 49.4 Å². The van der Waals surface area contributed by atoms with E-state index < -0.39 is 0 Å². The van der Waals surface area contributed by atoms with Crippen molar-refractivity contribution < 1.29 is 4.79 Å². The third kappa shape index (κ3) is 0.933. The molecule has 0 aromatic rings. The minimum Gasteiger partial charge on any atom is -0.299 e. The highest BCUT2D eigenvalue weighted by atomic mass is 16.1. The van der Waals surface area contributed by atoms with Gasteiger partial charge in [-0.25, -0.2) is 0 Å². The Morgan fingerprint density at radius 1 is 1.20 bits per heavy atom. The van der Waals surface area contributed by atoms with Gasteiger partial charge in [0.05, 0.1) is 0 Å². The van der Waals surface area contributed by atoms with Gasteiger partial charge in [0.25, 0.3) is 0 Å². The first-order valence-corrected chi connectivity index (χ1v) is 6.53. The molecule has 4 aliphatic rings. The summed E-state index contributed by atoms with van der Waals surface area (Å²) in [5, 5.41) is 0. The van der Waals surface area contributed by atoms with Gasteiger partial charge in [0.15, 0.2) is 0 Å². The second-order valence-corrected chi connectivity index (χ2v) is 6.71. The molecule has 1 heteroatoms. The van der Waals surface area contributed by atoms with E-state index in [-0.39, 0.29) is 5.41 Å². The van der Waals surface area contributed by atoms with Crippen molar-refractivity contribution >= 4 is 5.78 Å². The Labute approximate surface area is 92.6 Å². The van der Waals surface area contributed by atoms with E-state index in [4.69, 9.17) is 0 Å². The Bertz CT molecular complexity index is 321. The van der Waals surface area contributed by atoms with Crippen LogP contribution in [0.25, 0.3) is 0 Å². The highest BCUT2D eigenvalue weighted by Gasteiger charge is 2.64. The monoisotopic (exact) mass is 206 g/mol. The number of Topliss-reactive ketones (excluding diaryl/α,β-unsaturated/α-hetero) is 1. The molecule has 4 bridgehead atoms. The second-order valence-electron chi connectivity index (χ2n) is 6.71. The molecule has 5 unspecified atom stereocenters. The van der Waals surface area contributed by atoms with Crippen molar-refractivity contribution in [2.24, 2.45) is 28.6 Å². The van der Waals surface area contributed by atoms with Gasteiger partial charge in [0.2, 0.25) is 0 Å². The van der Waals surface area contributed by atoms with Crippen molar-refractivity contribution in [3.05, 3.63) is 0 Å². The molecule has 0 radical (unpaired) electrons. The van der Waals surface area contributed by atoms with Crippen LogP contribution in [0, 0.1) is 28.6 Å². The molecule has 0 spiro atoms. The molecule has 0 saturated heterocycles. The van der Waals surface area contributed by atoms with Crippen molar-refractivity contribution in [3.63, 3.8) is 0 Å². The highest BCUT2D eigenvalue weighted by Crippen LogP contribution is 2.67. The van der Waals surface area contributed by atoms with Crippen LogP contribution in [0.2, 0.25) is 0 Å². The summed E-state index contributed by atoms with van der Waals surface area (Å²) in [5.74, 6) is 2.70. The normalized spacial score (nSPS) is 58.3. The van der Waals surface area contributed by atoms with Crippen molar-refractivity contribution in [1.29, 1.82) is 0 Å². The molecule has 15 heavy (non-hydrogen) atoms. The van der Waals surface area contributed by atoms with Crippen LogP contribution in [0.4, 0.5) is 0 Å². The number of ketones is 1. The Kier molecular flexibility index (Phi) is 1.76. The van der Waals surface area contributed by atoms with Gasteiger partial charge in [0, 0.05) is 11.3 Å². The van der Waals surface area contributed by atoms with Crippen molar-refractivity contribution in [3.8, 4) is 0 Å². The van der Waals surface area contributed by atoms with Crippen molar-refractivity contribution in [2.45, 2.75) is 52.9 Å². The first-order valence-electron chi connectivity index (χ1n) is 6.53. The van der Waals surface area contributed by atoms with Gasteiger partial charge < -0.3 is 0 Å². The lowest BCUT2D eigenvalue weighted by Crippen LogP contribution is -2.62. The summed E-state index contributed by atoms with van der Waals surface area (Å²) in [6.07, 6.45) is 6.10. The Hall–Kier alpha value is -0.330. The van der Waals surface area contributed by atoms with Crippen molar-refractivity contribution in [2.75, 3.05) is 0 Å². The molecule has 5 atom stereocenters. The van der Waals surface area contributed by atoms with Crippen LogP contribution in [0.3, 0.4) is 0 Å². The van der Waals surface area contributed by atoms with Crippen LogP contribution in [-0.4, -0.2) is 5.78 Å². The number of fused-ring (bicyclic) bond motifs is 1. The number of rotatable bonds is 0. The lowest BCUT2D eigenvalue weighted by Gasteiger charge is -2.64. The highest BCUT2D eigenvalue weighted by molar-refractivity contribution is 5.89. The average molecular weight is 206 g/mol. The number of carbonyl (C=O) groups is 1. The van der Waals surface area contributed by atoms with E-state index in [0.29, 0.717) is 17.1 Å². The molecular weight excluding hydrogens is 184 g/mol. The molecule has 4 rings (SSSR count). The Morgan fingerprint density at radius 3 is 2.67 bits per heavy atom. The van der Waals surface area contributed by atoms with Crippen LogP contribution in [-0.2, 0) is 4.79 Å². The van der Waals surface area contributed by atoms with Crippen LogP contribution in [0.5, 0.6) is 0 Å². The molecule has 4 saturated carbocycles. The molecule has 0 aromatic carbocycles. The van der Waals surface area contributed by atoms with Crippen LogP contribution in [0.1, 0.15) is 52.9 Å². The quantitative estimate of drug-likeness (QED) is 0.593. The minimum atomic E-state index is 0.0331. The fourth-order valence-corrected chi connectivity index (χ4v) is 4.99. The lowest BCUT2D eigenvalue weighted by molar-refractivity contribution is -0.182. The molecule has 0 heterocycles. The summed E-state index contributed by atoms with van der Waals surface area (Å²) in [4.78, 5) is 12.4. The number of carbonyl (C=O) groups excluding carboxylic acids is 1. The number of hydrogen-bond donors (Lipinski definition) is 0. The van der Waals surface area contributed by atoms with Gasteiger partial charge in [0.1, 0.15) is 5.78 Å². The SMILES string of the molecule is CC1CCC2(C)C(=O)C3CCC2(C)C1C3. The van der Waals surface area contributed by atoms with Crippen LogP contribution in [0.15, 0.2) is 0 Å². The maximum absolute atomic E-state index is 12.4. The molecule has 84 valence electrons. The van der Waals surface area contributed by atoms with E-state index in [0.717, 1.165) is 18.3 Å². The number of hydrogen-bond acceptors (Lipinski definition) is 1. The van der Waals surface area contributed by atoms with Gasteiger partial charge in [-0.3, -0.25) is 4.79 Å². The predicted octanol–water partition coefficient (Wildman–Crippen LogP) is 3.43. The summed E-state index contributed by atoms with van der Waals surface area (Å²) < 4.78 is 0. The van der Waals surface area contributed by atoms with Crippen LogP contribution >= 0.6 is 0 Å².